The second kappa shape index (κ2) is 5.57. The number of Topliss-reactive ketones (excluding diaryl/α,β-unsaturated/α-hetero) is 1. The second-order valence-electron chi connectivity index (χ2n) is 4.66. The van der Waals surface area contributed by atoms with Crippen LogP contribution in [0.5, 0.6) is 0 Å². The first-order valence-electron chi connectivity index (χ1n) is 6.44. The number of carbonyl (C=O) groups excluding carboxylic acids is 2. The van der Waals surface area contributed by atoms with Crippen LogP contribution in [-0.2, 0) is 11.8 Å². The first-order chi connectivity index (χ1) is 10.6. The van der Waals surface area contributed by atoms with Crippen molar-refractivity contribution in [2.45, 2.75) is 0 Å². The number of halogens is 1. The predicted molar refractivity (Wildman–Crippen MR) is 82.9 cm³/mol. The van der Waals surface area contributed by atoms with E-state index in [2.05, 4.69) is 15.3 Å². The molecule has 0 radical (unpaired) electrons. The van der Waals surface area contributed by atoms with Gasteiger partial charge in [0.15, 0.2) is 0 Å². The topological polar surface area (TPSA) is 76.9 Å². The highest BCUT2D eigenvalue weighted by Crippen LogP contribution is 2.21. The average molecular weight is 315 g/mol. The van der Waals surface area contributed by atoms with Crippen molar-refractivity contribution in [1.29, 1.82) is 0 Å². The van der Waals surface area contributed by atoms with E-state index in [-0.39, 0.29) is 11.1 Å². The molecule has 22 heavy (non-hydrogen) atoms. The van der Waals surface area contributed by atoms with Crippen LogP contribution in [-0.4, -0.2) is 26.2 Å². The molecular formula is C15H11ClN4O2. The van der Waals surface area contributed by atoms with Crippen molar-refractivity contribution >= 4 is 40.0 Å². The number of aryl methyl sites for hydroxylation is 1. The molecule has 0 aliphatic heterocycles. The highest BCUT2D eigenvalue weighted by Gasteiger charge is 2.21. The lowest BCUT2D eigenvalue weighted by molar-refractivity contribution is -0.112. The quantitative estimate of drug-likeness (QED) is 0.457. The van der Waals surface area contributed by atoms with Gasteiger partial charge in [-0.3, -0.25) is 9.59 Å². The number of fused-ring (bicyclic) bond motifs is 1. The van der Waals surface area contributed by atoms with E-state index in [1.165, 1.54) is 12.3 Å². The summed E-state index contributed by atoms with van der Waals surface area (Å²) in [6.45, 7) is 0. The Bertz CT molecular complexity index is 888. The molecule has 6 nitrogen and oxygen atoms in total. The summed E-state index contributed by atoms with van der Waals surface area (Å²) in [4.78, 5) is 32.0. The van der Waals surface area contributed by atoms with Crippen molar-refractivity contribution < 1.29 is 9.59 Å². The molecule has 2 heterocycles. The highest BCUT2D eigenvalue weighted by atomic mass is 35.5. The lowest BCUT2D eigenvalue weighted by Gasteiger charge is -2.02. The van der Waals surface area contributed by atoms with E-state index in [0.717, 1.165) is 10.9 Å². The largest absolute Gasteiger partial charge is 0.350 e. The normalized spacial score (nSPS) is 10.6. The maximum atomic E-state index is 12.4. The van der Waals surface area contributed by atoms with Gasteiger partial charge >= 0.3 is 0 Å². The Morgan fingerprint density at radius 3 is 2.77 bits per heavy atom. The number of amides is 1. The molecule has 7 heteroatoms. The van der Waals surface area contributed by atoms with E-state index in [1.54, 1.807) is 16.8 Å². The zero-order valence-corrected chi connectivity index (χ0v) is 12.3. The van der Waals surface area contributed by atoms with Gasteiger partial charge in [-0.1, -0.05) is 18.2 Å². The fourth-order valence-corrected chi connectivity index (χ4v) is 2.37. The first-order valence-corrected chi connectivity index (χ1v) is 6.82. The first kappa shape index (κ1) is 14.2. The van der Waals surface area contributed by atoms with Gasteiger partial charge < -0.3 is 9.88 Å². The molecule has 3 aromatic rings. The van der Waals surface area contributed by atoms with E-state index in [9.17, 15) is 9.59 Å². The fourth-order valence-electron chi connectivity index (χ4n) is 2.22. The number of rotatable bonds is 3. The van der Waals surface area contributed by atoms with E-state index < -0.39 is 11.7 Å². The lowest BCUT2D eigenvalue weighted by atomic mass is 10.1. The number of ketones is 1. The van der Waals surface area contributed by atoms with Gasteiger partial charge in [0, 0.05) is 30.3 Å². The van der Waals surface area contributed by atoms with Crippen molar-refractivity contribution in [1.82, 2.24) is 14.5 Å². The number of carbonyl (C=O) groups is 2. The van der Waals surface area contributed by atoms with Gasteiger partial charge in [-0.05, 0) is 23.7 Å². The Labute approximate surface area is 130 Å². The summed E-state index contributed by atoms with van der Waals surface area (Å²) in [5, 5.41) is 3.15. The third kappa shape index (κ3) is 2.56. The SMILES string of the molecule is Cn1cc(C(=O)C(=O)Nc2ccnc(Cl)n2)c2ccccc21. The summed E-state index contributed by atoms with van der Waals surface area (Å²) in [5.41, 5.74) is 1.22. The summed E-state index contributed by atoms with van der Waals surface area (Å²) in [6, 6.07) is 8.84. The van der Waals surface area contributed by atoms with Crippen LogP contribution in [0.1, 0.15) is 10.4 Å². The molecule has 1 aromatic carbocycles. The Balaban J connectivity index is 1.91. The summed E-state index contributed by atoms with van der Waals surface area (Å²) >= 11 is 5.64. The Morgan fingerprint density at radius 2 is 2.00 bits per heavy atom. The van der Waals surface area contributed by atoms with E-state index in [0.29, 0.717) is 5.56 Å². The number of anilines is 1. The highest BCUT2D eigenvalue weighted by molar-refractivity contribution is 6.48. The minimum Gasteiger partial charge on any atom is -0.350 e. The number of nitrogens with zero attached hydrogens (tertiary/aromatic N) is 3. The van der Waals surface area contributed by atoms with Crippen molar-refractivity contribution in [3.8, 4) is 0 Å². The monoisotopic (exact) mass is 314 g/mol. The van der Waals surface area contributed by atoms with E-state index >= 15 is 0 Å². The molecular weight excluding hydrogens is 304 g/mol. The molecule has 1 N–H and O–H groups in total. The van der Waals surface area contributed by atoms with Gasteiger partial charge in [0.1, 0.15) is 5.82 Å². The van der Waals surface area contributed by atoms with Crippen LogP contribution in [0.3, 0.4) is 0 Å². The number of aromatic nitrogens is 3. The fraction of sp³-hybridized carbons (Fsp3) is 0.0667. The molecule has 3 rings (SSSR count). The standard InChI is InChI=1S/C15H11ClN4O2/c1-20-8-10(9-4-2-3-5-11(9)20)13(21)14(22)18-12-6-7-17-15(16)19-12/h2-8H,1H3,(H,17,18,19,22). The zero-order chi connectivity index (χ0) is 15.7. The minimum atomic E-state index is -0.772. The maximum absolute atomic E-state index is 12.4. The van der Waals surface area contributed by atoms with Crippen LogP contribution in [0.25, 0.3) is 10.9 Å². The summed E-state index contributed by atoms with van der Waals surface area (Å²) in [7, 11) is 1.82. The average Bonchev–Trinajstić information content (AvgIpc) is 2.84. The number of para-hydroxylation sites is 1. The second-order valence-corrected chi connectivity index (χ2v) is 5.00. The molecule has 110 valence electrons. The third-order valence-corrected chi connectivity index (χ3v) is 3.40. The molecule has 0 aliphatic rings. The van der Waals surface area contributed by atoms with Gasteiger partial charge in [0.05, 0.1) is 5.56 Å². The summed E-state index contributed by atoms with van der Waals surface area (Å²) < 4.78 is 1.80. The van der Waals surface area contributed by atoms with Gasteiger partial charge in [0.25, 0.3) is 11.7 Å². The number of nitrogens with one attached hydrogen (secondary N) is 1. The minimum absolute atomic E-state index is 0.00425. The van der Waals surface area contributed by atoms with Crippen LogP contribution < -0.4 is 5.32 Å². The van der Waals surface area contributed by atoms with Gasteiger partial charge in [-0.2, -0.15) is 0 Å². The Hall–Kier alpha value is -2.73. The number of hydrogen-bond donors (Lipinski definition) is 1. The lowest BCUT2D eigenvalue weighted by Crippen LogP contribution is -2.23. The van der Waals surface area contributed by atoms with Crippen molar-refractivity contribution in [2.24, 2.45) is 7.05 Å². The zero-order valence-electron chi connectivity index (χ0n) is 11.6. The summed E-state index contributed by atoms with van der Waals surface area (Å²) in [5.74, 6) is -1.23. The number of benzene rings is 1. The molecule has 0 atom stereocenters. The van der Waals surface area contributed by atoms with Crippen LogP contribution >= 0.6 is 11.6 Å². The van der Waals surface area contributed by atoms with Gasteiger partial charge in [0.2, 0.25) is 5.28 Å². The van der Waals surface area contributed by atoms with Crippen molar-refractivity contribution in [2.75, 3.05) is 5.32 Å². The van der Waals surface area contributed by atoms with Gasteiger partial charge in [-0.25, -0.2) is 9.97 Å². The van der Waals surface area contributed by atoms with E-state index in [1.807, 2.05) is 25.2 Å². The number of hydrogen-bond acceptors (Lipinski definition) is 4. The molecule has 0 spiro atoms. The smallest absolute Gasteiger partial charge is 0.298 e. The molecule has 0 fully saturated rings. The molecule has 0 saturated carbocycles. The Kier molecular flexibility index (Phi) is 3.60. The third-order valence-electron chi connectivity index (χ3n) is 3.22. The van der Waals surface area contributed by atoms with E-state index in [4.69, 9.17) is 11.6 Å². The molecule has 0 aliphatic carbocycles. The Morgan fingerprint density at radius 1 is 1.23 bits per heavy atom. The molecule has 2 aromatic heterocycles. The van der Waals surface area contributed by atoms with Crippen LogP contribution in [0, 0.1) is 0 Å². The van der Waals surface area contributed by atoms with Crippen molar-refractivity contribution in [3.05, 3.63) is 53.6 Å². The van der Waals surface area contributed by atoms with Gasteiger partial charge in [-0.15, -0.1) is 0 Å². The molecule has 1 amide bonds. The molecule has 0 saturated heterocycles. The maximum Gasteiger partial charge on any atom is 0.298 e. The van der Waals surface area contributed by atoms with Crippen molar-refractivity contribution in [3.63, 3.8) is 0 Å². The van der Waals surface area contributed by atoms with Crippen LogP contribution in [0.2, 0.25) is 5.28 Å². The van der Waals surface area contributed by atoms with Crippen LogP contribution in [0.4, 0.5) is 5.82 Å². The summed E-state index contributed by atoms with van der Waals surface area (Å²) in [6.07, 6.45) is 3.03. The molecule has 0 unspecified atom stereocenters. The predicted octanol–water partition coefficient (Wildman–Crippen LogP) is 2.44. The molecule has 0 bridgehead atoms. The van der Waals surface area contributed by atoms with Crippen LogP contribution in [0.15, 0.2) is 42.7 Å².